The Bertz CT molecular complexity index is 1640. The molecule has 3 aromatic carbocycles. The van der Waals surface area contributed by atoms with E-state index in [1.54, 1.807) is 80.6 Å². The summed E-state index contributed by atoms with van der Waals surface area (Å²) in [6, 6.07) is 19.4. The van der Waals surface area contributed by atoms with Gasteiger partial charge in [-0.05, 0) is 66.9 Å². The zero-order valence-electron chi connectivity index (χ0n) is 21.8. The van der Waals surface area contributed by atoms with E-state index in [4.69, 9.17) is 0 Å². The third-order valence-electron chi connectivity index (χ3n) is 6.81. The molecule has 1 aromatic heterocycles. The summed E-state index contributed by atoms with van der Waals surface area (Å²) >= 11 is 0. The molecule has 0 aliphatic carbocycles. The number of benzene rings is 3. The molecule has 5 N–H and O–H groups in total. The summed E-state index contributed by atoms with van der Waals surface area (Å²) in [6.07, 6.45) is 0.337. The van der Waals surface area contributed by atoms with Crippen LogP contribution in [0.2, 0.25) is 0 Å². The van der Waals surface area contributed by atoms with Gasteiger partial charge in [-0.25, -0.2) is 4.39 Å². The number of aromatic amines is 1. The molecule has 2 heterocycles. The van der Waals surface area contributed by atoms with Crippen molar-refractivity contribution >= 4 is 40.7 Å². The van der Waals surface area contributed by atoms with Crippen molar-refractivity contribution in [1.82, 2.24) is 10.3 Å². The molecule has 4 aromatic rings. The summed E-state index contributed by atoms with van der Waals surface area (Å²) in [6.45, 7) is 3.81. The molecule has 1 aliphatic rings. The predicted octanol–water partition coefficient (Wildman–Crippen LogP) is 4.87. The predicted molar refractivity (Wildman–Crippen MR) is 151 cm³/mol. The third-order valence-corrected chi connectivity index (χ3v) is 6.81. The lowest BCUT2D eigenvalue weighted by Gasteiger charge is -2.12. The van der Waals surface area contributed by atoms with Crippen LogP contribution in [-0.2, 0) is 16.1 Å². The van der Waals surface area contributed by atoms with Crippen molar-refractivity contribution in [2.45, 2.75) is 26.5 Å². The van der Waals surface area contributed by atoms with E-state index in [2.05, 4.69) is 20.9 Å². The van der Waals surface area contributed by atoms with E-state index in [1.165, 1.54) is 12.1 Å². The molecule has 3 amide bonds. The maximum absolute atomic E-state index is 13.1. The summed E-state index contributed by atoms with van der Waals surface area (Å²) < 4.78 is 13.1. The van der Waals surface area contributed by atoms with Gasteiger partial charge in [0.25, 0.3) is 17.7 Å². The maximum atomic E-state index is 13.1. The van der Waals surface area contributed by atoms with Crippen LogP contribution in [0.1, 0.15) is 50.1 Å². The second kappa shape index (κ2) is 11.0. The first kappa shape index (κ1) is 26.6. The zero-order valence-corrected chi connectivity index (χ0v) is 21.8. The number of anilines is 2. The summed E-state index contributed by atoms with van der Waals surface area (Å²) in [5.41, 5.74) is 5.56. The number of aliphatic hydroxyl groups excluding tert-OH is 1. The smallest absolute Gasteiger partial charge is 0.257 e. The van der Waals surface area contributed by atoms with Crippen molar-refractivity contribution in [1.29, 1.82) is 0 Å². The Labute approximate surface area is 229 Å². The van der Waals surface area contributed by atoms with Crippen molar-refractivity contribution in [3.8, 4) is 0 Å². The Balaban J connectivity index is 1.36. The standard InChI is InChI=1S/C31H27FN4O4/c1-17-26(34-18(2)27(17)36-31(40)28(37)20-6-4-3-5-7-20)15-24-23-14-21(10-13-25(23)35-30(24)39)29(38)33-16-19-8-11-22(32)12-9-19/h3-15,28,34,37H,16H2,1-2H3,(H,33,38)(H,35,39)(H,36,40)/b24-15-/t28-/m1/s1. The second-order valence-corrected chi connectivity index (χ2v) is 9.55. The van der Waals surface area contributed by atoms with E-state index in [0.717, 1.165) is 5.56 Å². The lowest BCUT2D eigenvalue weighted by Crippen LogP contribution is -2.22. The molecule has 1 aliphatic heterocycles. The van der Waals surface area contributed by atoms with Crippen LogP contribution in [0.25, 0.3) is 11.6 Å². The first-order valence-corrected chi connectivity index (χ1v) is 12.6. The van der Waals surface area contributed by atoms with Crippen molar-refractivity contribution in [2.24, 2.45) is 0 Å². The molecule has 5 rings (SSSR count). The monoisotopic (exact) mass is 538 g/mol. The largest absolute Gasteiger partial charge is 0.378 e. The SMILES string of the molecule is Cc1[nH]c(/C=C2\C(=O)Nc3ccc(C(=O)NCc4ccc(F)cc4)cc32)c(C)c1NC(=O)[C@H](O)c1ccccc1. The lowest BCUT2D eigenvalue weighted by atomic mass is 10.0. The molecule has 202 valence electrons. The molecule has 0 spiro atoms. The highest BCUT2D eigenvalue weighted by atomic mass is 19.1. The Kier molecular flexibility index (Phi) is 7.31. The minimum Gasteiger partial charge on any atom is -0.378 e. The number of carbonyl (C=O) groups excluding carboxylic acids is 3. The van der Waals surface area contributed by atoms with Gasteiger partial charge in [0.05, 0.1) is 11.3 Å². The molecule has 0 fully saturated rings. The summed E-state index contributed by atoms with van der Waals surface area (Å²) in [7, 11) is 0. The molecule has 0 bridgehead atoms. The highest BCUT2D eigenvalue weighted by Crippen LogP contribution is 2.35. The van der Waals surface area contributed by atoms with Crippen molar-refractivity contribution < 1.29 is 23.9 Å². The first-order chi connectivity index (χ1) is 19.2. The van der Waals surface area contributed by atoms with Gasteiger partial charge in [-0.3, -0.25) is 14.4 Å². The van der Waals surface area contributed by atoms with Gasteiger partial charge in [0, 0.05) is 34.7 Å². The van der Waals surface area contributed by atoms with Gasteiger partial charge in [0.2, 0.25) is 0 Å². The first-order valence-electron chi connectivity index (χ1n) is 12.6. The van der Waals surface area contributed by atoms with Crippen molar-refractivity contribution in [3.63, 3.8) is 0 Å². The minimum absolute atomic E-state index is 0.227. The van der Waals surface area contributed by atoms with Gasteiger partial charge in [-0.2, -0.15) is 0 Å². The number of hydrogen-bond acceptors (Lipinski definition) is 4. The fourth-order valence-electron chi connectivity index (χ4n) is 4.59. The zero-order chi connectivity index (χ0) is 28.4. The van der Waals surface area contributed by atoms with Crippen molar-refractivity contribution in [3.05, 3.63) is 118 Å². The van der Waals surface area contributed by atoms with Crippen LogP contribution in [0, 0.1) is 19.7 Å². The number of carbonyl (C=O) groups is 3. The molecule has 1 atom stereocenters. The number of H-pyrrole nitrogens is 1. The second-order valence-electron chi connectivity index (χ2n) is 9.55. The van der Waals surface area contributed by atoms with Gasteiger partial charge >= 0.3 is 0 Å². The van der Waals surface area contributed by atoms with Crippen LogP contribution in [0.4, 0.5) is 15.8 Å². The molecular weight excluding hydrogens is 511 g/mol. The number of amides is 3. The molecule has 0 saturated carbocycles. The van der Waals surface area contributed by atoms with E-state index in [1.807, 2.05) is 0 Å². The van der Waals surface area contributed by atoms with E-state index >= 15 is 0 Å². The van der Waals surface area contributed by atoms with E-state index in [9.17, 15) is 23.9 Å². The topological polar surface area (TPSA) is 123 Å². The third kappa shape index (κ3) is 5.41. The van der Waals surface area contributed by atoms with Gasteiger partial charge in [0.15, 0.2) is 6.10 Å². The van der Waals surface area contributed by atoms with Gasteiger partial charge in [-0.15, -0.1) is 0 Å². The molecule has 8 nitrogen and oxygen atoms in total. The molecule has 0 saturated heterocycles. The van der Waals surface area contributed by atoms with Crippen LogP contribution in [-0.4, -0.2) is 27.8 Å². The molecule has 40 heavy (non-hydrogen) atoms. The Morgan fingerprint density at radius 1 is 1.02 bits per heavy atom. The van der Waals surface area contributed by atoms with Crippen LogP contribution >= 0.6 is 0 Å². The van der Waals surface area contributed by atoms with Crippen LogP contribution in [0.15, 0.2) is 72.8 Å². The fourth-order valence-corrected chi connectivity index (χ4v) is 4.59. The highest BCUT2D eigenvalue weighted by molar-refractivity contribution is 6.35. The average Bonchev–Trinajstić information content (AvgIpc) is 3.41. The summed E-state index contributed by atoms with van der Waals surface area (Å²) in [5, 5.41) is 18.9. The molecule has 0 unspecified atom stereocenters. The number of aliphatic hydroxyl groups is 1. The number of hydrogen-bond donors (Lipinski definition) is 5. The van der Waals surface area contributed by atoms with Crippen molar-refractivity contribution in [2.75, 3.05) is 10.6 Å². The number of fused-ring (bicyclic) bond motifs is 1. The Hall–Kier alpha value is -5.02. The quantitative estimate of drug-likeness (QED) is 0.216. The minimum atomic E-state index is -1.34. The number of aromatic nitrogens is 1. The maximum Gasteiger partial charge on any atom is 0.257 e. The lowest BCUT2D eigenvalue weighted by molar-refractivity contribution is -0.124. The Morgan fingerprint density at radius 3 is 2.48 bits per heavy atom. The Morgan fingerprint density at radius 2 is 1.75 bits per heavy atom. The van der Waals surface area contributed by atoms with E-state index in [0.29, 0.717) is 50.6 Å². The number of aryl methyl sites for hydroxylation is 1. The molecule has 0 radical (unpaired) electrons. The average molecular weight is 539 g/mol. The number of rotatable bonds is 7. The molecule has 9 heteroatoms. The van der Waals surface area contributed by atoms with Gasteiger partial charge in [-0.1, -0.05) is 42.5 Å². The summed E-state index contributed by atoms with van der Waals surface area (Å²) in [4.78, 5) is 41.6. The van der Waals surface area contributed by atoms with Crippen LogP contribution < -0.4 is 16.0 Å². The molecular formula is C31H27FN4O4. The van der Waals surface area contributed by atoms with Gasteiger partial charge in [0.1, 0.15) is 5.82 Å². The fraction of sp³-hybridized carbons (Fsp3) is 0.129. The number of halogens is 1. The van der Waals surface area contributed by atoms with E-state index in [-0.39, 0.29) is 24.2 Å². The van der Waals surface area contributed by atoms with Crippen LogP contribution in [0.5, 0.6) is 0 Å². The van der Waals surface area contributed by atoms with E-state index < -0.39 is 12.0 Å². The summed E-state index contributed by atoms with van der Waals surface area (Å²) in [5.74, 6) is -1.58. The normalized spacial score (nSPS) is 14.0. The van der Waals surface area contributed by atoms with Crippen LogP contribution in [0.3, 0.4) is 0 Å². The highest BCUT2D eigenvalue weighted by Gasteiger charge is 2.27. The van der Waals surface area contributed by atoms with Gasteiger partial charge < -0.3 is 26.0 Å². The number of nitrogens with one attached hydrogen (secondary N) is 4.